The van der Waals surface area contributed by atoms with Gasteiger partial charge in [0.25, 0.3) is 0 Å². The third-order valence-corrected chi connectivity index (χ3v) is 3.59. The average Bonchev–Trinajstić information content (AvgIpc) is 2.47. The van der Waals surface area contributed by atoms with Crippen LogP contribution in [0.5, 0.6) is 0 Å². The molecule has 0 amide bonds. The van der Waals surface area contributed by atoms with E-state index in [4.69, 9.17) is 20.0 Å². The van der Waals surface area contributed by atoms with Gasteiger partial charge in [0, 0.05) is 0 Å². The predicted molar refractivity (Wildman–Crippen MR) is 95.8 cm³/mol. The molecular formula is C15H36NaO6P. The second-order valence-corrected chi connectivity index (χ2v) is 6.69. The van der Waals surface area contributed by atoms with Gasteiger partial charge in [0.15, 0.2) is 0 Å². The molecule has 0 aliphatic heterocycles. The van der Waals surface area contributed by atoms with Gasteiger partial charge >= 0.3 is 37.4 Å². The zero-order valence-electron chi connectivity index (χ0n) is 14.1. The molecule has 0 aromatic heterocycles. The van der Waals surface area contributed by atoms with Gasteiger partial charge in [-0.2, -0.15) is 0 Å². The van der Waals surface area contributed by atoms with Crippen molar-refractivity contribution >= 4 is 37.4 Å². The molecule has 0 bridgehead atoms. The first-order chi connectivity index (χ1) is 10.4. The van der Waals surface area contributed by atoms with Gasteiger partial charge in [-0.05, 0) is 0 Å². The van der Waals surface area contributed by atoms with Crippen molar-refractivity contribution in [3.8, 4) is 0 Å². The second kappa shape index (κ2) is 21.1. The molecule has 0 aromatic rings. The fraction of sp³-hybridized carbons (Fsp3) is 1.00. The van der Waals surface area contributed by atoms with Crippen LogP contribution in [0.1, 0.15) is 78.1 Å². The van der Waals surface area contributed by atoms with Crippen molar-refractivity contribution in [2.24, 2.45) is 0 Å². The molecule has 0 saturated heterocycles. The van der Waals surface area contributed by atoms with Gasteiger partial charge in [0.05, 0.1) is 13.2 Å². The van der Waals surface area contributed by atoms with E-state index < -0.39 is 27.1 Å². The van der Waals surface area contributed by atoms with Crippen molar-refractivity contribution in [1.29, 1.82) is 0 Å². The molecule has 0 aliphatic rings. The molecule has 0 saturated carbocycles. The van der Waals surface area contributed by atoms with Crippen LogP contribution in [-0.4, -0.2) is 68.9 Å². The maximum atomic E-state index is 9.93. The summed E-state index contributed by atoms with van der Waals surface area (Å²) in [7, 11) is -4.50. The van der Waals surface area contributed by atoms with Gasteiger partial charge in [-0.15, -0.1) is 0 Å². The molecule has 8 heteroatoms. The van der Waals surface area contributed by atoms with Crippen LogP contribution in [0.4, 0.5) is 0 Å². The minimum atomic E-state index is -4.50. The van der Waals surface area contributed by atoms with Crippen molar-refractivity contribution in [1.82, 2.24) is 0 Å². The number of aliphatic hydroxyl groups excluding tert-OH is 2. The van der Waals surface area contributed by atoms with Crippen LogP contribution in [-0.2, 0) is 9.09 Å². The summed E-state index contributed by atoms with van der Waals surface area (Å²) in [5.41, 5.74) is 0. The van der Waals surface area contributed by atoms with Gasteiger partial charge < -0.3 is 20.0 Å². The Morgan fingerprint density at radius 2 is 1.22 bits per heavy atom. The van der Waals surface area contributed by atoms with Gasteiger partial charge in [0.2, 0.25) is 0 Å². The summed E-state index contributed by atoms with van der Waals surface area (Å²) >= 11 is 0. The summed E-state index contributed by atoms with van der Waals surface area (Å²) < 4.78 is 13.8. The summed E-state index contributed by atoms with van der Waals surface area (Å²) in [6.45, 7) is 3.41. The summed E-state index contributed by atoms with van der Waals surface area (Å²) in [5.74, 6) is 0. The third-order valence-electron chi connectivity index (χ3n) is 3.10. The number of rotatable bonds is 13. The Bertz CT molecular complexity index is 252. The van der Waals surface area contributed by atoms with E-state index in [2.05, 4.69) is 18.4 Å². The number of aliphatic hydroxyl groups is 2. The minimum absolute atomic E-state index is 0. The first-order valence-corrected chi connectivity index (χ1v) is 9.89. The molecule has 1 atom stereocenters. The molecule has 0 aliphatic carbocycles. The Labute approximate surface area is 163 Å². The summed E-state index contributed by atoms with van der Waals surface area (Å²) in [5, 5.41) is 16.7. The van der Waals surface area contributed by atoms with Crippen LogP contribution in [0, 0.1) is 0 Å². The Morgan fingerprint density at radius 3 is 1.48 bits per heavy atom. The fourth-order valence-electron chi connectivity index (χ4n) is 1.80. The van der Waals surface area contributed by atoms with Crippen molar-refractivity contribution in [3.05, 3.63) is 0 Å². The number of hydrogen-bond donors (Lipinski definition) is 4. The first kappa shape index (κ1) is 28.8. The van der Waals surface area contributed by atoms with Crippen LogP contribution >= 0.6 is 7.82 Å². The Morgan fingerprint density at radius 1 is 0.870 bits per heavy atom. The van der Waals surface area contributed by atoms with Crippen LogP contribution in [0.2, 0.25) is 0 Å². The SMILES string of the molecule is CCCCCCCCCCCC.O=P(O)(O)OCC(O)CO.[NaH]. The summed E-state index contributed by atoms with van der Waals surface area (Å²) in [6, 6.07) is 0. The Hall–Kier alpha value is 1.03. The number of phosphoric acid groups is 1. The molecule has 0 spiro atoms. The Kier molecular flexibility index (Phi) is 26.4. The van der Waals surface area contributed by atoms with E-state index in [0.717, 1.165) is 0 Å². The second-order valence-electron chi connectivity index (χ2n) is 5.45. The van der Waals surface area contributed by atoms with Gasteiger partial charge in [-0.25, -0.2) is 4.57 Å². The predicted octanol–water partition coefficient (Wildman–Crippen LogP) is 2.73. The number of unbranched alkanes of at least 4 members (excludes halogenated alkanes) is 9. The third kappa shape index (κ3) is 31.3. The molecule has 1 unspecified atom stereocenters. The van der Waals surface area contributed by atoms with E-state index >= 15 is 0 Å². The van der Waals surface area contributed by atoms with E-state index in [9.17, 15) is 4.57 Å². The molecule has 23 heavy (non-hydrogen) atoms. The summed E-state index contributed by atoms with van der Waals surface area (Å²) in [4.78, 5) is 16.1. The number of phosphoric ester groups is 1. The average molecular weight is 366 g/mol. The van der Waals surface area contributed by atoms with E-state index in [1.807, 2.05) is 0 Å². The zero-order valence-corrected chi connectivity index (χ0v) is 15.0. The molecule has 0 rings (SSSR count). The monoisotopic (exact) mass is 366 g/mol. The van der Waals surface area contributed by atoms with Crippen molar-refractivity contribution in [3.63, 3.8) is 0 Å². The van der Waals surface area contributed by atoms with E-state index in [0.29, 0.717) is 0 Å². The van der Waals surface area contributed by atoms with Crippen LogP contribution in [0.25, 0.3) is 0 Å². The Balaban J connectivity index is -0.000000338. The van der Waals surface area contributed by atoms with Gasteiger partial charge in [0.1, 0.15) is 6.10 Å². The molecule has 0 fully saturated rings. The van der Waals surface area contributed by atoms with Crippen molar-refractivity contribution < 1.29 is 29.1 Å². The normalized spacial score (nSPS) is 12.1. The van der Waals surface area contributed by atoms with E-state index in [1.165, 1.54) is 64.2 Å². The van der Waals surface area contributed by atoms with Crippen LogP contribution < -0.4 is 0 Å². The fourth-order valence-corrected chi connectivity index (χ4v) is 2.16. The van der Waals surface area contributed by atoms with E-state index in [1.54, 1.807) is 0 Å². The van der Waals surface area contributed by atoms with Gasteiger partial charge in [-0.1, -0.05) is 78.1 Å². The standard InChI is InChI=1S/C12H26.C3H9O6P.Na.H/c1-3-5-7-9-11-12-10-8-6-4-2;4-1-3(5)2-9-10(6,7)8;;/h3-12H2,1-2H3;3-5H,1-2H2,(H2,6,7,8);;. The quantitative estimate of drug-likeness (QED) is 0.227. The molecule has 138 valence electrons. The first-order valence-electron chi connectivity index (χ1n) is 8.36. The molecule has 0 aromatic carbocycles. The topological polar surface area (TPSA) is 107 Å². The van der Waals surface area contributed by atoms with Crippen LogP contribution in [0.15, 0.2) is 0 Å². The van der Waals surface area contributed by atoms with Crippen molar-refractivity contribution in [2.45, 2.75) is 84.2 Å². The van der Waals surface area contributed by atoms with E-state index in [-0.39, 0.29) is 29.6 Å². The zero-order chi connectivity index (χ0) is 17.3. The number of hydrogen-bond acceptors (Lipinski definition) is 4. The van der Waals surface area contributed by atoms with Gasteiger partial charge in [-0.3, -0.25) is 4.52 Å². The molecule has 0 radical (unpaired) electrons. The summed E-state index contributed by atoms with van der Waals surface area (Å²) in [6.07, 6.45) is 13.2. The molecule has 4 N–H and O–H groups in total. The van der Waals surface area contributed by atoms with Crippen molar-refractivity contribution in [2.75, 3.05) is 13.2 Å². The molecule has 0 heterocycles. The maximum absolute atomic E-state index is 9.93. The molecule has 6 nitrogen and oxygen atoms in total. The molecular weight excluding hydrogens is 330 g/mol. The van der Waals surface area contributed by atoms with Crippen LogP contribution in [0.3, 0.4) is 0 Å².